The molecule has 0 amide bonds. The van der Waals surface area contributed by atoms with Crippen molar-refractivity contribution in [2.75, 3.05) is 0 Å². The van der Waals surface area contributed by atoms with Crippen LogP contribution in [-0.2, 0) is 32.3 Å². The van der Waals surface area contributed by atoms with Gasteiger partial charge in [0.1, 0.15) is 0 Å². The van der Waals surface area contributed by atoms with Crippen molar-refractivity contribution in [3.05, 3.63) is 65.7 Å². The molecule has 0 saturated carbocycles. The van der Waals surface area contributed by atoms with Crippen LogP contribution in [0, 0.1) is 6.92 Å². The first kappa shape index (κ1) is 33.2. The molecule has 0 aliphatic rings. The molecular weight excluding hydrogens is 605 g/mol. The number of fused-ring (bicyclic) bond motifs is 1. The maximum atomic E-state index is 2.40. The van der Waals surface area contributed by atoms with Crippen molar-refractivity contribution in [3.63, 3.8) is 0 Å². The van der Waals surface area contributed by atoms with Gasteiger partial charge in [0.2, 0.25) is 0 Å². The largest absolute Gasteiger partial charge is 4.00 e. The summed E-state index contributed by atoms with van der Waals surface area (Å²) in [6, 6.07) is 20.0. The number of unbranched alkanes of at least 4 members (excludes halogenated alkanes) is 1. The molecule has 0 fully saturated rings. The molecule has 3 aromatic carbocycles. The van der Waals surface area contributed by atoms with Gasteiger partial charge in [-0.25, -0.2) is 12.1 Å². The van der Waals surface area contributed by atoms with Gasteiger partial charge < -0.3 is 24.8 Å². The summed E-state index contributed by atoms with van der Waals surface area (Å²) in [7, 11) is -0.185. The van der Waals surface area contributed by atoms with Crippen LogP contribution in [0.3, 0.4) is 0 Å². The molecule has 170 valence electrons. The summed E-state index contributed by atoms with van der Waals surface area (Å²) >= 11 is 0. The number of hydrogen-bond acceptors (Lipinski definition) is 0. The van der Waals surface area contributed by atoms with Crippen LogP contribution in [0.2, 0.25) is 0 Å². The fraction of sp³-hybridized carbons (Fsp3) is 0.481. The quantitative estimate of drug-likeness (QED) is 0.233. The monoisotopic (exact) mass is 644 g/mol. The Kier molecular flexibility index (Phi) is 15.4. The second-order valence-corrected chi connectivity index (χ2v) is 13.7. The van der Waals surface area contributed by atoms with E-state index in [4.69, 9.17) is 0 Å². The van der Waals surface area contributed by atoms with E-state index in [-0.39, 0.29) is 58.6 Å². The zero-order valence-electron chi connectivity index (χ0n) is 20.5. The Labute approximate surface area is 224 Å². The third-order valence-corrected chi connectivity index (χ3v) is 8.61. The molecule has 3 rings (SSSR count). The van der Waals surface area contributed by atoms with E-state index < -0.39 is 0 Å². The molecule has 0 aliphatic heterocycles. The molecule has 0 spiro atoms. The Balaban J connectivity index is 0. The van der Waals surface area contributed by atoms with Gasteiger partial charge in [-0.1, -0.05) is 88.6 Å². The minimum absolute atomic E-state index is 0. The van der Waals surface area contributed by atoms with E-state index in [1.165, 1.54) is 41.2 Å². The van der Waals surface area contributed by atoms with E-state index >= 15 is 0 Å². The number of hydrogen-bond donors (Lipinski definition) is 0. The molecule has 0 heterocycles. The van der Waals surface area contributed by atoms with Crippen LogP contribution in [0.4, 0.5) is 0 Å². The van der Waals surface area contributed by atoms with Crippen LogP contribution < -0.4 is 30.1 Å². The van der Waals surface area contributed by atoms with Crippen LogP contribution in [0.1, 0.15) is 72.4 Å². The second-order valence-electron chi connectivity index (χ2n) is 9.86. The van der Waals surface area contributed by atoms with Crippen molar-refractivity contribution in [1.29, 1.82) is 0 Å². The summed E-state index contributed by atoms with van der Waals surface area (Å²) in [5.74, 6) is 0. The number of aryl methyl sites for hydroxylation is 2. The summed E-state index contributed by atoms with van der Waals surface area (Å²) in [4.78, 5) is 0. The molecular formula is C27H39Cl2HfP. The van der Waals surface area contributed by atoms with Gasteiger partial charge in [0, 0.05) is 0 Å². The molecule has 0 atom stereocenters. The average Bonchev–Trinajstić information content (AvgIpc) is 3.16. The fourth-order valence-corrected chi connectivity index (χ4v) is 8.34. The molecule has 0 N–H and O–H groups in total. The van der Waals surface area contributed by atoms with Crippen molar-refractivity contribution in [2.45, 2.75) is 85.0 Å². The molecule has 0 nitrogen and oxygen atoms in total. The fourth-order valence-electron chi connectivity index (χ4n) is 4.24. The smallest absolute Gasteiger partial charge is 1.00 e. The third-order valence-electron chi connectivity index (χ3n) is 5.15. The van der Waals surface area contributed by atoms with Gasteiger partial charge in [-0.2, -0.15) is 23.3 Å². The Morgan fingerprint density at radius 1 is 0.903 bits per heavy atom. The van der Waals surface area contributed by atoms with Crippen LogP contribution in [0.15, 0.2) is 54.6 Å². The molecule has 0 saturated heterocycles. The second kappa shape index (κ2) is 14.3. The first-order chi connectivity index (χ1) is 13.0. The molecule has 31 heavy (non-hydrogen) atoms. The van der Waals surface area contributed by atoms with E-state index in [2.05, 4.69) is 110 Å². The average molecular weight is 644 g/mol. The molecule has 0 aromatic heterocycles. The van der Waals surface area contributed by atoms with E-state index in [9.17, 15) is 0 Å². The number of rotatable bonds is 4. The Morgan fingerprint density at radius 3 is 1.94 bits per heavy atom. The summed E-state index contributed by atoms with van der Waals surface area (Å²) in [5.41, 5.74) is 2.98. The molecule has 0 unspecified atom stereocenters. The third kappa shape index (κ3) is 9.83. The van der Waals surface area contributed by atoms with E-state index in [1.54, 1.807) is 5.30 Å². The van der Waals surface area contributed by atoms with E-state index in [1.807, 2.05) is 0 Å². The Bertz CT molecular complexity index is 818. The van der Waals surface area contributed by atoms with Gasteiger partial charge in [-0.05, 0) is 10.3 Å². The predicted octanol–water partition coefficient (Wildman–Crippen LogP) is 2.32. The molecule has 4 heteroatoms. The topological polar surface area (TPSA) is 0 Å². The van der Waals surface area contributed by atoms with Crippen LogP contribution in [0.5, 0.6) is 0 Å². The van der Waals surface area contributed by atoms with Crippen molar-refractivity contribution in [3.8, 4) is 0 Å². The maximum Gasteiger partial charge on any atom is 4.00 e. The zero-order valence-corrected chi connectivity index (χ0v) is 26.5. The standard InChI is InChI=1S/C17H24P.C10H15.2ClH.Hf/c1-16(2,3)18(17(4,5)6)15-11-13-9-7-8-10-14(13)12-15;1-3-4-7-10-8-5-6-9(10)2;;;/h7-12H,1-6H3;5-6,8H,3-4,7H2,1-2H3;2*1H;/q2*-1;;;+4/p-2. The SMILES string of the molecule is CC(C)(C)P(c1cc2ccccc2[cH-]1)C(C)(C)C.CCCC[c-]1cccc1C.[Cl-].[Cl-].[Hf+4]. The van der Waals surface area contributed by atoms with Crippen LogP contribution in [0.25, 0.3) is 10.8 Å². The first-order valence-corrected chi connectivity index (χ1v) is 12.0. The minimum atomic E-state index is -0.185. The van der Waals surface area contributed by atoms with Gasteiger partial charge >= 0.3 is 25.8 Å². The number of halogens is 2. The molecule has 0 radical (unpaired) electrons. The summed E-state index contributed by atoms with van der Waals surface area (Å²) < 4.78 is 0. The van der Waals surface area contributed by atoms with Crippen LogP contribution >= 0.6 is 7.92 Å². The van der Waals surface area contributed by atoms with E-state index in [0.717, 1.165) is 0 Å². The van der Waals surface area contributed by atoms with Crippen molar-refractivity contribution >= 4 is 24.0 Å². The first-order valence-electron chi connectivity index (χ1n) is 10.7. The molecule has 0 bridgehead atoms. The van der Waals surface area contributed by atoms with Gasteiger partial charge in [-0.15, -0.1) is 40.3 Å². The van der Waals surface area contributed by atoms with Crippen molar-refractivity contribution in [2.24, 2.45) is 0 Å². The summed E-state index contributed by atoms with van der Waals surface area (Å²) in [6.45, 7) is 18.7. The zero-order chi connectivity index (χ0) is 20.9. The normalized spacial score (nSPS) is 11.1. The van der Waals surface area contributed by atoms with Gasteiger partial charge in [0.15, 0.2) is 0 Å². The van der Waals surface area contributed by atoms with Gasteiger partial charge in [0.25, 0.3) is 0 Å². The van der Waals surface area contributed by atoms with Crippen molar-refractivity contribution < 1.29 is 50.7 Å². The molecule has 3 aromatic rings. The van der Waals surface area contributed by atoms with Crippen molar-refractivity contribution in [1.82, 2.24) is 0 Å². The summed E-state index contributed by atoms with van der Waals surface area (Å²) in [6.07, 6.45) is 3.88. The van der Waals surface area contributed by atoms with Gasteiger partial charge in [-0.3, -0.25) is 0 Å². The Hall–Kier alpha value is 0.0601. The maximum absolute atomic E-state index is 2.40. The predicted molar refractivity (Wildman–Crippen MR) is 131 cm³/mol. The summed E-state index contributed by atoms with van der Waals surface area (Å²) in [5, 5.41) is 5.00. The number of benzene rings is 1. The molecule has 0 aliphatic carbocycles. The van der Waals surface area contributed by atoms with Crippen LogP contribution in [-0.4, -0.2) is 10.3 Å². The van der Waals surface area contributed by atoms with Gasteiger partial charge in [0.05, 0.1) is 0 Å². The minimum Gasteiger partial charge on any atom is -1.00 e. The Morgan fingerprint density at radius 2 is 1.48 bits per heavy atom. The van der Waals surface area contributed by atoms with E-state index in [0.29, 0.717) is 10.3 Å².